The number of anilines is 1. The molecule has 1 unspecified atom stereocenters. The lowest BCUT2D eigenvalue weighted by atomic mass is 10.1. The van der Waals surface area contributed by atoms with E-state index in [1.54, 1.807) is 10.6 Å². The predicted octanol–water partition coefficient (Wildman–Crippen LogP) is -1.15. The van der Waals surface area contributed by atoms with Crippen molar-refractivity contribution in [2.24, 2.45) is 11.7 Å². The number of nitrogens with zero attached hydrogens (tertiary/aromatic N) is 3. The third-order valence-corrected chi connectivity index (χ3v) is 4.29. The third-order valence-electron chi connectivity index (χ3n) is 4.29. The molecule has 6 N–H and O–H groups in total. The molecule has 8 nitrogen and oxygen atoms in total. The van der Waals surface area contributed by atoms with Crippen molar-refractivity contribution in [3.05, 3.63) is 33.9 Å². The van der Waals surface area contributed by atoms with Crippen molar-refractivity contribution < 1.29 is 10.1 Å². The zero-order chi connectivity index (χ0) is 17.3. The number of ether oxygens (including phenoxy) is 1. The quantitative estimate of drug-likeness (QED) is 0.606. The molecule has 1 aliphatic rings. The van der Waals surface area contributed by atoms with Gasteiger partial charge < -0.3 is 16.2 Å². The van der Waals surface area contributed by atoms with Gasteiger partial charge in [0.05, 0.1) is 23.4 Å². The Morgan fingerprint density at radius 1 is 1.54 bits per heavy atom. The first kappa shape index (κ1) is 16.1. The van der Waals surface area contributed by atoms with Gasteiger partial charge in [0.15, 0.2) is 6.21 Å². The molecular weight excluding hydrogens is 308 g/mol. The van der Waals surface area contributed by atoms with Crippen LogP contribution in [0.1, 0.15) is 17.7 Å². The van der Waals surface area contributed by atoms with Gasteiger partial charge in [0.25, 0.3) is 5.56 Å². The summed E-state index contributed by atoms with van der Waals surface area (Å²) in [6.45, 7) is 3.66. The highest BCUT2D eigenvalue weighted by Crippen LogP contribution is 2.21. The fourth-order valence-electron chi connectivity index (χ4n) is 3.01. The van der Waals surface area contributed by atoms with Gasteiger partial charge in [-0.05, 0) is 19.4 Å². The first-order valence-corrected chi connectivity index (χ1v) is 7.77. The number of rotatable bonds is 4. The van der Waals surface area contributed by atoms with Gasteiger partial charge in [0, 0.05) is 30.7 Å². The van der Waals surface area contributed by atoms with Crippen LogP contribution in [0, 0.1) is 12.8 Å². The topological polar surface area (TPSA) is 135 Å². The highest BCUT2D eigenvalue weighted by Gasteiger charge is 2.21. The molecule has 0 amide bonds. The van der Waals surface area contributed by atoms with Crippen LogP contribution in [0.15, 0.2) is 17.1 Å². The Morgan fingerprint density at radius 3 is 2.96 bits per heavy atom. The van der Waals surface area contributed by atoms with Crippen LogP contribution < -0.4 is 22.4 Å². The van der Waals surface area contributed by atoms with Crippen LogP contribution in [0.4, 0.5) is 5.95 Å². The summed E-state index contributed by atoms with van der Waals surface area (Å²) < 4.78 is 7.05. The number of fused-ring (bicyclic) bond motifs is 1. The molecule has 8 heteroatoms. The normalized spacial score (nSPS) is 18.2. The molecule has 0 radical (unpaired) electrons. The minimum Gasteiger partial charge on any atom is -0.404 e. The SMILES string of the molecule is Cc1nc(N)nc2c1cc(/C(C=[NH2+])=C/N)c(=O)n2CC1CCOC1. The number of nitrogens with two attached hydrogens (primary N) is 3. The van der Waals surface area contributed by atoms with E-state index in [4.69, 9.17) is 21.6 Å². The Hall–Kier alpha value is -2.74. The molecule has 0 bridgehead atoms. The Kier molecular flexibility index (Phi) is 4.30. The molecular formula is C16H21N6O2+. The van der Waals surface area contributed by atoms with Crippen molar-refractivity contribution in [1.29, 1.82) is 0 Å². The summed E-state index contributed by atoms with van der Waals surface area (Å²) in [5, 5.41) is 6.36. The van der Waals surface area contributed by atoms with Gasteiger partial charge in [-0.3, -0.25) is 14.8 Å². The molecule has 0 aliphatic carbocycles. The van der Waals surface area contributed by atoms with Gasteiger partial charge in [-0.25, -0.2) is 4.98 Å². The van der Waals surface area contributed by atoms with Crippen molar-refractivity contribution in [2.45, 2.75) is 19.9 Å². The van der Waals surface area contributed by atoms with Gasteiger partial charge in [0.1, 0.15) is 5.65 Å². The third kappa shape index (κ3) is 2.76. The molecule has 0 saturated carbocycles. The lowest BCUT2D eigenvalue weighted by molar-refractivity contribution is -0.103. The average Bonchev–Trinajstić information content (AvgIpc) is 3.06. The lowest BCUT2D eigenvalue weighted by Crippen LogP contribution is -2.33. The smallest absolute Gasteiger partial charge is 0.260 e. The molecule has 1 aliphatic heterocycles. The van der Waals surface area contributed by atoms with E-state index in [1.165, 1.54) is 12.4 Å². The van der Waals surface area contributed by atoms with Crippen LogP contribution in [0.5, 0.6) is 0 Å². The van der Waals surface area contributed by atoms with E-state index in [9.17, 15) is 4.79 Å². The number of pyridine rings is 1. The van der Waals surface area contributed by atoms with Crippen LogP contribution in [-0.2, 0) is 11.3 Å². The summed E-state index contributed by atoms with van der Waals surface area (Å²) in [4.78, 5) is 21.5. The number of aryl methyl sites for hydroxylation is 1. The van der Waals surface area contributed by atoms with Crippen molar-refractivity contribution in [3.63, 3.8) is 0 Å². The average molecular weight is 329 g/mol. The van der Waals surface area contributed by atoms with Crippen molar-refractivity contribution in [3.8, 4) is 0 Å². The van der Waals surface area contributed by atoms with E-state index in [2.05, 4.69) is 9.97 Å². The van der Waals surface area contributed by atoms with Gasteiger partial charge in [-0.2, -0.15) is 4.98 Å². The summed E-state index contributed by atoms with van der Waals surface area (Å²) in [5.41, 5.74) is 13.3. The molecule has 1 saturated heterocycles. The molecule has 0 aromatic carbocycles. The van der Waals surface area contributed by atoms with Crippen molar-refractivity contribution in [1.82, 2.24) is 14.5 Å². The lowest BCUT2D eigenvalue weighted by Gasteiger charge is -2.16. The first-order valence-electron chi connectivity index (χ1n) is 7.77. The highest BCUT2D eigenvalue weighted by molar-refractivity contribution is 6.07. The minimum absolute atomic E-state index is 0.142. The van der Waals surface area contributed by atoms with E-state index >= 15 is 0 Å². The Morgan fingerprint density at radius 2 is 2.33 bits per heavy atom. The second-order valence-electron chi connectivity index (χ2n) is 5.90. The zero-order valence-electron chi connectivity index (χ0n) is 13.5. The second kappa shape index (κ2) is 6.40. The molecule has 126 valence electrons. The monoisotopic (exact) mass is 329 g/mol. The number of allylic oxidation sites excluding steroid dienone is 1. The van der Waals surface area contributed by atoms with Crippen LogP contribution in [0.3, 0.4) is 0 Å². The maximum atomic E-state index is 13.0. The maximum Gasteiger partial charge on any atom is 0.260 e. The number of aromatic nitrogens is 3. The van der Waals surface area contributed by atoms with Gasteiger partial charge in [0.2, 0.25) is 5.95 Å². The maximum absolute atomic E-state index is 13.0. The van der Waals surface area contributed by atoms with Crippen LogP contribution in [0.2, 0.25) is 0 Å². The fraction of sp³-hybridized carbons (Fsp3) is 0.375. The van der Waals surface area contributed by atoms with E-state index in [-0.39, 0.29) is 17.4 Å². The summed E-state index contributed by atoms with van der Waals surface area (Å²) in [5.74, 6) is 0.397. The molecule has 3 heterocycles. The van der Waals surface area contributed by atoms with Crippen molar-refractivity contribution >= 4 is 28.8 Å². The van der Waals surface area contributed by atoms with E-state index in [1.807, 2.05) is 6.92 Å². The predicted molar refractivity (Wildman–Crippen MR) is 92.0 cm³/mol. The largest absolute Gasteiger partial charge is 0.404 e. The van der Waals surface area contributed by atoms with Gasteiger partial charge in [-0.1, -0.05) is 0 Å². The number of hydrogen-bond donors (Lipinski definition) is 3. The molecule has 2 aromatic heterocycles. The van der Waals surface area contributed by atoms with Crippen molar-refractivity contribution in [2.75, 3.05) is 18.9 Å². The zero-order valence-corrected chi connectivity index (χ0v) is 13.5. The molecule has 0 spiro atoms. The highest BCUT2D eigenvalue weighted by atomic mass is 16.5. The Bertz CT molecular complexity index is 880. The number of nitrogen functional groups attached to an aromatic ring is 1. The van der Waals surface area contributed by atoms with Gasteiger partial charge >= 0.3 is 0 Å². The van der Waals surface area contributed by atoms with E-state index < -0.39 is 0 Å². The summed E-state index contributed by atoms with van der Waals surface area (Å²) in [6.07, 6.45) is 3.54. The molecule has 24 heavy (non-hydrogen) atoms. The molecule has 1 atom stereocenters. The Balaban J connectivity index is 2.29. The fourth-order valence-corrected chi connectivity index (χ4v) is 3.01. The molecule has 3 rings (SSSR count). The Labute approximate surface area is 138 Å². The summed E-state index contributed by atoms with van der Waals surface area (Å²) in [6, 6.07) is 1.72. The molecule has 2 aromatic rings. The van der Waals surface area contributed by atoms with E-state index in [0.29, 0.717) is 42.2 Å². The molecule has 1 fully saturated rings. The first-order chi connectivity index (χ1) is 11.5. The second-order valence-corrected chi connectivity index (χ2v) is 5.90. The van der Waals surface area contributed by atoms with Gasteiger partial charge in [-0.15, -0.1) is 0 Å². The minimum atomic E-state index is -0.203. The number of hydrogen-bond acceptors (Lipinski definition) is 6. The van der Waals surface area contributed by atoms with Crippen LogP contribution in [-0.4, -0.2) is 34.0 Å². The van der Waals surface area contributed by atoms with E-state index in [0.717, 1.165) is 11.8 Å². The van der Waals surface area contributed by atoms with Crippen LogP contribution >= 0.6 is 0 Å². The summed E-state index contributed by atoms with van der Waals surface area (Å²) >= 11 is 0. The standard InChI is InChI=1S/C16H20N6O2/c1-9-12-4-13(11(5-17)6-18)15(23)22(7-10-2-3-24-8-10)14(12)21-16(19)20-9/h4-6,10,17H,2-3,7-8,18H2,1H3,(H2,19,20,21)/p+1/b11-6+,17-5?. The summed E-state index contributed by atoms with van der Waals surface area (Å²) in [7, 11) is 0. The van der Waals surface area contributed by atoms with Crippen LogP contribution in [0.25, 0.3) is 16.6 Å².